The summed E-state index contributed by atoms with van der Waals surface area (Å²) < 4.78 is 0. The number of hydrogen-bond acceptors (Lipinski definition) is 3. The first-order chi connectivity index (χ1) is 9.91. The summed E-state index contributed by atoms with van der Waals surface area (Å²) in [5.74, 6) is -1.32. The van der Waals surface area contributed by atoms with E-state index in [0.29, 0.717) is 16.8 Å². The minimum Gasteiger partial charge on any atom is -0.508 e. The van der Waals surface area contributed by atoms with Gasteiger partial charge in [0.25, 0.3) is 5.91 Å². The van der Waals surface area contributed by atoms with Crippen molar-refractivity contribution in [2.45, 2.75) is 6.92 Å². The number of carboxylic acids is 1. The van der Waals surface area contributed by atoms with Gasteiger partial charge in [0, 0.05) is 12.6 Å². The highest BCUT2D eigenvalue weighted by atomic mass is 16.4. The van der Waals surface area contributed by atoms with E-state index in [1.54, 1.807) is 31.2 Å². The highest BCUT2D eigenvalue weighted by Gasteiger charge is 2.19. The smallest absolute Gasteiger partial charge is 0.337 e. The van der Waals surface area contributed by atoms with Crippen LogP contribution in [0.2, 0.25) is 0 Å². The molecule has 108 valence electrons. The summed E-state index contributed by atoms with van der Waals surface area (Å²) in [6, 6.07) is 10.8. The molecular weight excluding hydrogens is 270 g/mol. The van der Waals surface area contributed by atoms with E-state index < -0.39 is 5.97 Å². The van der Waals surface area contributed by atoms with Crippen molar-refractivity contribution in [2.75, 3.05) is 11.9 Å². The Balaban J connectivity index is 2.40. The molecule has 0 atom stereocenters. The number of para-hydroxylation sites is 1. The van der Waals surface area contributed by atoms with E-state index in [1.807, 2.05) is 0 Å². The predicted octanol–water partition coefficient (Wildman–Crippen LogP) is 2.68. The fraction of sp³-hybridized carbons (Fsp3) is 0.125. The maximum absolute atomic E-state index is 12.4. The molecule has 2 aromatic carbocycles. The number of carbonyl (C=O) groups excluding carboxylic acids is 1. The lowest BCUT2D eigenvalue weighted by Crippen LogP contribution is -2.27. The zero-order valence-corrected chi connectivity index (χ0v) is 11.7. The van der Waals surface area contributed by atoms with Crippen LogP contribution in [0.3, 0.4) is 0 Å². The van der Waals surface area contributed by atoms with E-state index in [9.17, 15) is 19.8 Å². The third kappa shape index (κ3) is 2.86. The Morgan fingerprint density at radius 1 is 1.10 bits per heavy atom. The number of nitrogens with zero attached hydrogens (tertiary/aromatic N) is 1. The average Bonchev–Trinajstić information content (AvgIpc) is 2.48. The molecular formula is C16H15NO4. The van der Waals surface area contributed by atoms with Gasteiger partial charge in [-0.25, -0.2) is 4.79 Å². The summed E-state index contributed by atoms with van der Waals surface area (Å²) in [6.07, 6.45) is 0. The Kier molecular flexibility index (Phi) is 3.93. The molecule has 0 spiro atoms. The molecule has 2 N–H and O–H groups in total. The number of carboxylic acid groups (broad SMARTS) is 1. The fourth-order valence-electron chi connectivity index (χ4n) is 2.04. The molecule has 0 fully saturated rings. The van der Waals surface area contributed by atoms with E-state index >= 15 is 0 Å². The van der Waals surface area contributed by atoms with Crippen molar-refractivity contribution >= 4 is 17.6 Å². The van der Waals surface area contributed by atoms with Crippen LogP contribution in [-0.4, -0.2) is 29.1 Å². The molecule has 2 rings (SSSR count). The largest absolute Gasteiger partial charge is 0.508 e. The van der Waals surface area contributed by atoms with Gasteiger partial charge in [0.2, 0.25) is 0 Å². The molecule has 0 aliphatic carbocycles. The van der Waals surface area contributed by atoms with Crippen LogP contribution >= 0.6 is 0 Å². The molecule has 2 aromatic rings. The van der Waals surface area contributed by atoms with Crippen LogP contribution in [0.15, 0.2) is 42.5 Å². The highest BCUT2D eigenvalue weighted by molar-refractivity contribution is 6.09. The second-order valence-electron chi connectivity index (χ2n) is 4.69. The second-order valence-corrected chi connectivity index (χ2v) is 4.69. The number of aryl methyl sites for hydroxylation is 1. The molecule has 0 aromatic heterocycles. The molecule has 0 bridgehead atoms. The Bertz CT molecular complexity index is 709. The zero-order valence-electron chi connectivity index (χ0n) is 11.7. The number of phenols is 1. The van der Waals surface area contributed by atoms with Crippen LogP contribution in [0, 0.1) is 6.92 Å². The van der Waals surface area contributed by atoms with Crippen molar-refractivity contribution in [1.29, 1.82) is 0 Å². The predicted molar refractivity (Wildman–Crippen MR) is 79.0 cm³/mol. The average molecular weight is 285 g/mol. The van der Waals surface area contributed by atoms with Gasteiger partial charge in [0.15, 0.2) is 0 Å². The first-order valence-corrected chi connectivity index (χ1v) is 6.32. The first-order valence-electron chi connectivity index (χ1n) is 6.32. The van der Waals surface area contributed by atoms with Crippen molar-refractivity contribution < 1.29 is 19.8 Å². The number of aromatic carboxylic acids is 1. The van der Waals surface area contributed by atoms with Gasteiger partial charge in [-0.1, -0.05) is 12.1 Å². The van der Waals surface area contributed by atoms with Gasteiger partial charge in [-0.2, -0.15) is 0 Å². The molecule has 5 heteroatoms. The number of aromatic hydroxyl groups is 1. The van der Waals surface area contributed by atoms with Crippen molar-refractivity contribution in [2.24, 2.45) is 0 Å². The van der Waals surface area contributed by atoms with Crippen LogP contribution in [-0.2, 0) is 0 Å². The highest BCUT2D eigenvalue weighted by Crippen LogP contribution is 2.23. The minimum absolute atomic E-state index is 0.0591. The number of anilines is 1. The number of phenolic OH excluding ortho intramolecular Hbond substituents is 1. The Morgan fingerprint density at radius 3 is 2.38 bits per heavy atom. The lowest BCUT2D eigenvalue weighted by atomic mass is 10.1. The normalized spacial score (nSPS) is 10.2. The summed E-state index contributed by atoms with van der Waals surface area (Å²) in [6.45, 7) is 1.69. The molecule has 0 saturated carbocycles. The van der Waals surface area contributed by atoms with Crippen LogP contribution in [0.1, 0.15) is 26.3 Å². The first kappa shape index (κ1) is 14.6. The SMILES string of the molecule is Cc1cc(C(=O)N(C)c2ccccc2C(=O)O)ccc1O. The zero-order chi connectivity index (χ0) is 15.6. The Morgan fingerprint density at radius 2 is 1.76 bits per heavy atom. The van der Waals surface area contributed by atoms with Gasteiger partial charge in [0.05, 0.1) is 11.3 Å². The summed E-state index contributed by atoms with van der Waals surface area (Å²) >= 11 is 0. The van der Waals surface area contributed by atoms with E-state index in [0.717, 1.165) is 0 Å². The van der Waals surface area contributed by atoms with Crippen molar-refractivity contribution in [3.63, 3.8) is 0 Å². The molecule has 0 radical (unpaired) electrons. The molecule has 0 aliphatic heterocycles. The molecule has 0 unspecified atom stereocenters. The van der Waals surface area contributed by atoms with Gasteiger partial charge in [0.1, 0.15) is 5.75 Å². The van der Waals surface area contributed by atoms with Gasteiger partial charge in [-0.05, 0) is 42.8 Å². The molecule has 5 nitrogen and oxygen atoms in total. The monoisotopic (exact) mass is 285 g/mol. The van der Waals surface area contributed by atoms with Gasteiger partial charge >= 0.3 is 5.97 Å². The molecule has 1 amide bonds. The molecule has 21 heavy (non-hydrogen) atoms. The Labute approximate surface area is 122 Å². The summed E-state index contributed by atoms with van der Waals surface area (Å²) in [5.41, 5.74) is 1.35. The van der Waals surface area contributed by atoms with Crippen molar-refractivity contribution in [3.8, 4) is 5.75 Å². The number of amides is 1. The molecule has 0 heterocycles. The lowest BCUT2D eigenvalue weighted by Gasteiger charge is -2.19. The summed E-state index contributed by atoms with van der Waals surface area (Å²) in [4.78, 5) is 24.9. The number of rotatable bonds is 3. The number of benzene rings is 2. The van der Waals surface area contributed by atoms with E-state index in [1.165, 1.54) is 30.1 Å². The molecule has 0 aliphatic rings. The Hall–Kier alpha value is -2.82. The van der Waals surface area contributed by atoms with Gasteiger partial charge in [-0.3, -0.25) is 4.79 Å². The number of carbonyl (C=O) groups is 2. The topological polar surface area (TPSA) is 77.8 Å². The van der Waals surface area contributed by atoms with Crippen molar-refractivity contribution in [1.82, 2.24) is 0 Å². The van der Waals surface area contributed by atoms with Gasteiger partial charge < -0.3 is 15.1 Å². The third-order valence-electron chi connectivity index (χ3n) is 3.24. The summed E-state index contributed by atoms with van der Waals surface area (Å²) in [7, 11) is 1.52. The van der Waals surface area contributed by atoms with Crippen molar-refractivity contribution in [3.05, 3.63) is 59.2 Å². The van der Waals surface area contributed by atoms with Gasteiger partial charge in [-0.15, -0.1) is 0 Å². The maximum atomic E-state index is 12.4. The van der Waals surface area contributed by atoms with Crippen LogP contribution in [0.4, 0.5) is 5.69 Å². The quantitative estimate of drug-likeness (QED) is 0.908. The minimum atomic E-state index is -1.09. The lowest BCUT2D eigenvalue weighted by molar-refractivity contribution is 0.0697. The molecule has 0 saturated heterocycles. The fourth-order valence-corrected chi connectivity index (χ4v) is 2.04. The van der Waals surface area contributed by atoms with Crippen LogP contribution < -0.4 is 4.90 Å². The van der Waals surface area contributed by atoms with E-state index in [-0.39, 0.29) is 17.2 Å². The van der Waals surface area contributed by atoms with Crippen LogP contribution in [0.5, 0.6) is 5.75 Å². The van der Waals surface area contributed by atoms with E-state index in [4.69, 9.17) is 0 Å². The standard InChI is InChI=1S/C16H15NO4/c1-10-9-11(7-8-14(10)18)15(19)17(2)13-6-4-3-5-12(13)16(20)21/h3-9,18H,1-2H3,(H,20,21). The van der Waals surface area contributed by atoms with Crippen LogP contribution in [0.25, 0.3) is 0 Å². The van der Waals surface area contributed by atoms with E-state index in [2.05, 4.69) is 0 Å². The third-order valence-corrected chi connectivity index (χ3v) is 3.24. The maximum Gasteiger partial charge on any atom is 0.337 e. The number of hydrogen-bond donors (Lipinski definition) is 2. The second kappa shape index (κ2) is 5.66. The summed E-state index contributed by atoms with van der Waals surface area (Å²) in [5, 5.41) is 18.7.